The molecule has 0 aromatic heterocycles. The zero-order valence-electron chi connectivity index (χ0n) is 10.6. The first kappa shape index (κ1) is 12.7. The van der Waals surface area contributed by atoms with Gasteiger partial charge in [-0.15, -0.1) is 0 Å². The number of allylic oxidation sites excluding steroid dienone is 2. The van der Waals surface area contributed by atoms with E-state index >= 15 is 0 Å². The third kappa shape index (κ3) is 3.06. The van der Waals surface area contributed by atoms with E-state index in [0.29, 0.717) is 6.42 Å². The maximum Gasteiger partial charge on any atom is 0.162 e. The van der Waals surface area contributed by atoms with E-state index in [-0.39, 0.29) is 5.78 Å². The Morgan fingerprint density at radius 2 is 1.94 bits per heavy atom. The summed E-state index contributed by atoms with van der Waals surface area (Å²) >= 11 is 0. The molecule has 0 fully saturated rings. The monoisotopic (exact) mass is 216 g/mol. The predicted molar refractivity (Wildman–Crippen MR) is 68.7 cm³/mol. The number of carbonyl (C=O) groups excluding carboxylic acids is 1. The molecule has 16 heavy (non-hydrogen) atoms. The van der Waals surface area contributed by atoms with E-state index in [4.69, 9.17) is 0 Å². The Bertz CT molecular complexity index is 413. The lowest BCUT2D eigenvalue weighted by atomic mass is 9.98. The standard InChI is InChI=1S/C15H20O/c1-5-14(6-2)15(16)10-13-8-7-11(3)12(4)9-13/h5,7-9H,6,10H2,1-4H3/b14-5-. The summed E-state index contributed by atoms with van der Waals surface area (Å²) in [6.45, 7) is 8.12. The highest BCUT2D eigenvalue weighted by molar-refractivity contribution is 5.96. The molecule has 0 atom stereocenters. The van der Waals surface area contributed by atoms with Crippen LogP contribution in [0.2, 0.25) is 0 Å². The van der Waals surface area contributed by atoms with Crippen molar-refractivity contribution in [3.8, 4) is 0 Å². The van der Waals surface area contributed by atoms with Gasteiger partial charge in [-0.05, 0) is 49.5 Å². The van der Waals surface area contributed by atoms with Crippen LogP contribution in [0.1, 0.15) is 37.0 Å². The first-order valence-electron chi connectivity index (χ1n) is 5.83. The molecule has 0 aliphatic heterocycles. The Morgan fingerprint density at radius 1 is 1.25 bits per heavy atom. The summed E-state index contributed by atoms with van der Waals surface area (Å²) in [5.74, 6) is 0.244. The molecule has 0 aliphatic rings. The highest BCUT2D eigenvalue weighted by Crippen LogP contribution is 2.13. The van der Waals surface area contributed by atoms with E-state index in [1.807, 2.05) is 26.0 Å². The first-order chi connectivity index (χ1) is 7.58. The van der Waals surface area contributed by atoms with Crippen LogP contribution in [0.15, 0.2) is 29.8 Å². The van der Waals surface area contributed by atoms with E-state index in [2.05, 4.69) is 26.0 Å². The number of Topliss-reactive ketones (excluding diaryl/α,β-unsaturated/α-hetero) is 1. The number of hydrogen-bond acceptors (Lipinski definition) is 1. The summed E-state index contributed by atoms with van der Waals surface area (Å²) in [6, 6.07) is 6.23. The molecule has 0 heterocycles. The molecule has 0 bridgehead atoms. The number of carbonyl (C=O) groups is 1. The van der Waals surface area contributed by atoms with Crippen LogP contribution < -0.4 is 0 Å². The van der Waals surface area contributed by atoms with Crippen molar-refractivity contribution in [3.63, 3.8) is 0 Å². The molecule has 0 N–H and O–H groups in total. The van der Waals surface area contributed by atoms with E-state index in [9.17, 15) is 4.79 Å². The highest BCUT2D eigenvalue weighted by Gasteiger charge is 2.08. The fourth-order valence-electron chi connectivity index (χ4n) is 1.77. The van der Waals surface area contributed by atoms with Gasteiger partial charge in [0.1, 0.15) is 0 Å². The Hall–Kier alpha value is -1.37. The Morgan fingerprint density at radius 3 is 2.44 bits per heavy atom. The van der Waals surface area contributed by atoms with Gasteiger partial charge in [-0.1, -0.05) is 31.2 Å². The molecular weight excluding hydrogens is 196 g/mol. The maximum absolute atomic E-state index is 11.9. The minimum absolute atomic E-state index is 0.244. The van der Waals surface area contributed by atoms with Crippen molar-refractivity contribution in [2.45, 2.75) is 40.5 Å². The summed E-state index contributed by atoms with van der Waals surface area (Å²) < 4.78 is 0. The van der Waals surface area contributed by atoms with Crippen molar-refractivity contribution >= 4 is 5.78 Å². The topological polar surface area (TPSA) is 17.1 Å². The van der Waals surface area contributed by atoms with Crippen LogP contribution in [0.5, 0.6) is 0 Å². The number of rotatable bonds is 4. The number of aryl methyl sites for hydroxylation is 2. The maximum atomic E-state index is 11.9. The van der Waals surface area contributed by atoms with E-state index in [0.717, 1.165) is 17.6 Å². The lowest BCUT2D eigenvalue weighted by molar-refractivity contribution is -0.115. The molecule has 0 aliphatic carbocycles. The van der Waals surface area contributed by atoms with Gasteiger partial charge >= 0.3 is 0 Å². The third-order valence-electron chi connectivity index (χ3n) is 3.02. The number of ketones is 1. The molecule has 1 rings (SSSR count). The lowest BCUT2D eigenvalue weighted by Gasteiger charge is -2.06. The van der Waals surface area contributed by atoms with Gasteiger partial charge in [0.25, 0.3) is 0 Å². The zero-order chi connectivity index (χ0) is 12.1. The summed E-state index contributed by atoms with van der Waals surface area (Å²) in [4.78, 5) is 11.9. The van der Waals surface area contributed by atoms with Crippen molar-refractivity contribution in [2.24, 2.45) is 0 Å². The normalized spacial score (nSPS) is 11.6. The van der Waals surface area contributed by atoms with Crippen LogP contribution in [0, 0.1) is 13.8 Å². The fourth-order valence-corrected chi connectivity index (χ4v) is 1.77. The molecular formula is C15H20O. The quantitative estimate of drug-likeness (QED) is 0.700. The van der Waals surface area contributed by atoms with Crippen LogP contribution in [0.3, 0.4) is 0 Å². The fraction of sp³-hybridized carbons (Fsp3) is 0.400. The summed E-state index contributed by atoms with van der Waals surface area (Å²) in [7, 11) is 0. The van der Waals surface area contributed by atoms with Crippen molar-refractivity contribution < 1.29 is 4.79 Å². The third-order valence-corrected chi connectivity index (χ3v) is 3.02. The Labute approximate surface area is 98.2 Å². The molecule has 0 unspecified atom stereocenters. The van der Waals surface area contributed by atoms with Crippen LogP contribution in [-0.2, 0) is 11.2 Å². The molecule has 0 amide bonds. The summed E-state index contributed by atoms with van der Waals surface area (Å²) in [6.07, 6.45) is 3.26. The smallest absolute Gasteiger partial charge is 0.162 e. The van der Waals surface area contributed by atoms with Gasteiger partial charge in [-0.25, -0.2) is 0 Å². The van der Waals surface area contributed by atoms with Gasteiger partial charge in [0.15, 0.2) is 5.78 Å². The second-order valence-electron chi connectivity index (χ2n) is 4.19. The van der Waals surface area contributed by atoms with Gasteiger partial charge in [-0.3, -0.25) is 4.79 Å². The van der Waals surface area contributed by atoms with Crippen molar-refractivity contribution in [3.05, 3.63) is 46.5 Å². The molecule has 86 valence electrons. The summed E-state index contributed by atoms with van der Waals surface area (Å²) in [5.41, 5.74) is 4.57. The largest absolute Gasteiger partial charge is 0.294 e. The SMILES string of the molecule is C/C=C(/CC)C(=O)Cc1ccc(C)c(C)c1. The number of hydrogen-bond donors (Lipinski definition) is 0. The summed E-state index contributed by atoms with van der Waals surface area (Å²) in [5, 5.41) is 0. The number of benzene rings is 1. The van der Waals surface area contributed by atoms with Crippen molar-refractivity contribution in [1.29, 1.82) is 0 Å². The predicted octanol–water partition coefficient (Wildman–Crippen LogP) is 3.77. The van der Waals surface area contributed by atoms with Crippen LogP contribution >= 0.6 is 0 Å². The average Bonchev–Trinajstić information content (AvgIpc) is 2.25. The highest BCUT2D eigenvalue weighted by atomic mass is 16.1. The van der Waals surface area contributed by atoms with Gasteiger partial charge in [-0.2, -0.15) is 0 Å². The Balaban J connectivity index is 2.81. The minimum Gasteiger partial charge on any atom is -0.294 e. The van der Waals surface area contributed by atoms with E-state index in [1.54, 1.807) is 0 Å². The van der Waals surface area contributed by atoms with Gasteiger partial charge in [0.05, 0.1) is 0 Å². The van der Waals surface area contributed by atoms with Gasteiger partial charge < -0.3 is 0 Å². The van der Waals surface area contributed by atoms with Crippen LogP contribution in [0.4, 0.5) is 0 Å². The minimum atomic E-state index is 0.244. The second-order valence-corrected chi connectivity index (χ2v) is 4.19. The molecule has 0 saturated heterocycles. The zero-order valence-corrected chi connectivity index (χ0v) is 10.6. The second kappa shape index (κ2) is 5.64. The van der Waals surface area contributed by atoms with Gasteiger partial charge in [0, 0.05) is 6.42 Å². The average molecular weight is 216 g/mol. The molecule has 1 aromatic rings. The lowest BCUT2D eigenvalue weighted by Crippen LogP contribution is -2.06. The van der Waals surface area contributed by atoms with Crippen molar-refractivity contribution in [2.75, 3.05) is 0 Å². The molecule has 0 saturated carbocycles. The molecule has 1 aromatic carbocycles. The first-order valence-corrected chi connectivity index (χ1v) is 5.83. The van der Waals surface area contributed by atoms with Crippen LogP contribution in [-0.4, -0.2) is 5.78 Å². The van der Waals surface area contributed by atoms with Gasteiger partial charge in [0.2, 0.25) is 0 Å². The van der Waals surface area contributed by atoms with E-state index in [1.165, 1.54) is 11.1 Å². The molecule has 0 radical (unpaired) electrons. The molecule has 0 spiro atoms. The Kier molecular flexibility index (Phi) is 4.48. The molecule has 1 nitrogen and oxygen atoms in total. The molecule has 1 heteroatoms. The van der Waals surface area contributed by atoms with E-state index < -0.39 is 0 Å². The van der Waals surface area contributed by atoms with Crippen LogP contribution in [0.25, 0.3) is 0 Å². The van der Waals surface area contributed by atoms with Crippen molar-refractivity contribution in [1.82, 2.24) is 0 Å².